The third-order valence-electron chi connectivity index (χ3n) is 1.58. The third-order valence-corrected chi connectivity index (χ3v) is 3.08. The monoisotopic (exact) mass is 278 g/mol. The van der Waals surface area contributed by atoms with Gasteiger partial charge in [0.05, 0.1) is 0 Å². The number of hydrogen-bond donors (Lipinski definition) is 2. The minimum absolute atomic E-state index is 0.167. The quantitative estimate of drug-likeness (QED) is 0.695. The molecule has 0 aromatic rings. The van der Waals surface area contributed by atoms with E-state index in [4.69, 9.17) is 5.11 Å². The van der Waals surface area contributed by atoms with E-state index in [1.807, 2.05) is 0 Å². The van der Waals surface area contributed by atoms with Crippen LogP contribution in [-0.4, -0.2) is 49.6 Å². The van der Waals surface area contributed by atoms with Crippen molar-refractivity contribution in [1.29, 1.82) is 0 Å². The van der Waals surface area contributed by atoms with E-state index in [-0.39, 0.29) is 6.54 Å². The lowest BCUT2D eigenvalue weighted by Crippen LogP contribution is -2.46. The predicted molar refractivity (Wildman–Crippen MR) is 52.5 cm³/mol. The van der Waals surface area contributed by atoms with Gasteiger partial charge in [0.25, 0.3) is 10.2 Å². The summed E-state index contributed by atoms with van der Waals surface area (Å²) in [6.07, 6.45) is -4.39. The number of alkyl halides is 3. The van der Waals surface area contributed by atoms with Crippen LogP contribution in [0.3, 0.4) is 0 Å². The molecule has 0 rings (SSSR count). The molecule has 10 heteroatoms. The molecule has 0 radical (unpaired) electrons. The van der Waals surface area contributed by atoms with Gasteiger partial charge in [-0.1, -0.05) is 6.92 Å². The van der Waals surface area contributed by atoms with Gasteiger partial charge in [0.1, 0.15) is 13.1 Å². The Morgan fingerprint density at radius 2 is 1.94 bits per heavy atom. The summed E-state index contributed by atoms with van der Waals surface area (Å²) in [4.78, 5) is 10.4. The maximum absolute atomic E-state index is 11.8. The average molecular weight is 278 g/mol. The molecule has 0 saturated carbocycles. The van der Waals surface area contributed by atoms with Crippen molar-refractivity contribution in [1.82, 2.24) is 9.03 Å². The molecule has 0 fully saturated rings. The van der Waals surface area contributed by atoms with Crippen molar-refractivity contribution in [3.05, 3.63) is 0 Å². The molecule has 0 saturated heterocycles. The maximum atomic E-state index is 11.8. The van der Waals surface area contributed by atoms with E-state index >= 15 is 0 Å². The number of carbonyl (C=O) groups is 1. The predicted octanol–water partition coefficient (Wildman–Crippen LogP) is 0.180. The lowest BCUT2D eigenvalue weighted by atomic mass is 10.5. The van der Waals surface area contributed by atoms with Gasteiger partial charge in [0.15, 0.2) is 0 Å². The Morgan fingerprint density at radius 1 is 1.41 bits per heavy atom. The van der Waals surface area contributed by atoms with E-state index in [1.165, 1.54) is 4.72 Å². The Labute approximate surface area is 96.6 Å². The summed E-state index contributed by atoms with van der Waals surface area (Å²) in [5, 5.41) is 8.45. The fourth-order valence-electron chi connectivity index (χ4n) is 0.949. The molecule has 0 aromatic carbocycles. The van der Waals surface area contributed by atoms with Crippen LogP contribution in [0.1, 0.15) is 13.3 Å². The van der Waals surface area contributed by atoms with Gasteiger partial charge in [-0.2, -0.15) is 30.6 Å². The summed E-state index contributed by atoms with van der Waals surface area (Å²) >= 11 is 0. The Balaban J connectivity index is 4.66. The fraction of sp³-hybridized carbons (Fsp3) is 0.857. The second kappa shape index (κ2) is 6.17. The summed E-state index contributed by atoms with van der Waals surface area (Å²) in [5.74, 6) is -1.43. The topological polar surface area (TPSA) is 86.7 Å². The smallest absolute Gasteiger partial charge is 0.402 e. The Bertz CT molecular complexity index is 355. The highest BCUT2D eigenvalue weighted by Crippen LogP contribution is 2.13. The lowest BCUT2D eigenvalue weighted by molar-refractivity contribution is -0.137. The number of nitrogens with one attached hydrogen (secondary N) is 1. The molecule has 6 nitrogen and oxygen atoms in total. The minimum atomic E-state index is -4.69. The summed E-state index contributed by atoms with van der Waals surface area (Å²) in [5.41, 5.74) is 0. The zero-order valence-corrected chi connectivity index (χ0v) is 9.81. The van der Waals surface area contributed by atoms with Crippen molar-refractivity contribution < 1.29 is 31.5 Å². The van der Waals surface area contributed by atoms with Crippen molar-refractivity contribution in [3.63, 3.8) is 0 Å². The molecule has 102 valence electrons. The van der Waals surface area contributed by atoms with E-state index in [2.05, 4.69) is 0 Å². The van der Waals surface area contributed by atoms with Crippen LogP contribution < -0.4 is 4.72 Å². The van der Waals surface area contributed by atoms with E-state index in [9.17, 15) is 26.4 Å². The molecule has 0 heterocycles. The first kappa shape index (κ1) is 16.1. The number of carboxylic acids is 1. The largest absolute Gasteiger partial charge is 0.480 e. The van der Waals surface area contributed by atoms with Crippen molar-refractivity contribution in [2.75, 3.05) is 19.6 Å². The number of aliphatic carboxylic acids is 1. The van der Waals surface area contributed by atoms with Gasteiger partial charge < -0.3 is 5.11 Å². The Hall–Kier alpha value is -0.870. The summed E-state index contributed by atoms with van der Waals surface area (Å²) < 4.78 is 60.0. The second-order valence-corrected chi connectivity index (χ2v) is 4.92. The van der Waals surface area contributed by atoms with Crippen LogP contribution in [0.2, 0.25) is 0 Å². The van der Waals surface area contributed by atoms with E-state index in [0.29, 0.717) is 10.7 Å². The molecule has 0 unspecified atom stereocenters. The first-order valence-corrected chi connectivity index (χ1v) is 6.05. The number of halogens is 3. The molecular weight excluding hydrogens is 265 g/mol. The standard InChI is InChI=1S/C7H13F3N2O4S/c1-2-3-12(4-6(13)14)17(15,16)11-5-7(8,9)10/h11H,2-5H2,1H3,(H,13,14). The van der Waals surface area contributed by atoms with Crippen molar-refractivity contribution >= 4 is 16.2 Å². The van der Waals surface area contributed by atoms with Gasteiger partial charge in [-0.25, -0.2) is 0 Å². The zero-order valence-electron chi connectivity index (χ0n) is 8.99. The molecule has 0 amide bonds. The van der Waals surface area contributed by atoms with Crippen LogP contribution >= 0.6 is 0 Å². The highest BCUT2D eigenvalue weighted by molar-refractivity contribution is 7.87. The van der Waals surface area contributed by atoms with E-state index in [0.717, 1.165) is 0 Å². The summed E-state index contributed by atoms with van der Waals surface area (Å²) in [7, 11) is -4.43. The van der Waals surface area contributed by atoms with Crippen LogP contribution in [-0.2, 0) is 15.0 Å². The first-order chi connectivity index (χ1) is 7.58. The van der Waals surface area contributed by atoms with Crippen LogP contribution in [0.15, 0.2) is 0 Å². The fourth-order valence-corrected chi connectivity index (χ4v) is 2.18. The molecule has 17 heavy (non-hydrogen) atoms. The third kappa shape index (κ3) is 7.13. The molecule has 0 aliphatic rings. The number of carboxylic acid groups (broad SMARTS) is 1. The molecule has 0 bridgehead atoms. The van der Waals surface area contributed by atoms with Gasteiger partial charge in [0, 0.05) is 6.54 Å². The van der Waals surface area contributed by atoms with E-state index in [1.54, 1.807) is 6.92 Å². The lowest BCUT2D eigenvalue weighted by Gasteiger charge is -2.20. The SMILES string of the molecule is CCCN(CC(=O)O)S(=O)(=O)NCC(F)(F)F. The normalized spacial score (nSPS) is 13.0. The highest BCUT2D eigenvalue weighted by atomic mass is 32.2. The molecule has 0 spiro atoms. The van der Waals surface area contributed by atoms with Crippen LogP contribution in [0.5, 0.6) is 0 Å². The van der Waals surface area contributed by atoms with Crippen LogP contribution in [0, 0.1) is 0 Å². The number of hydrogen-bond acceptors (Lipinski definition) is 3. The van der Waals surface area contributed by atoms with Crippen molar-refractivity contribution in [3.8, 4) is 0 Å². The van der Waals surface area contributed by atoms with Crippen LogP contribution in [0.25, 0.3) is 0 Å². The molecule has 0 aliphatic carbocycles. The van der Waals surface area contributed by atoms with Gasteiger partial charge >= 0.3 is 12.1 Å². The van der Waals surface area contributed by atoms with Gasteiger partial charge in [-0.15, -0.1) is 0 Å². The first-order valence-electron chi connectivity index (χ1n) is 4.61. The van der Waals surface area contributed by atoms with Gasteiger partial charge in [0.2, 0.25) is 0 Å². The van der Waals surface area contributed by atoms with Crippen molar-refractivity contribution in [2.24, 2.45) is 0 Å². The van der Waals surface area contributed by atoms with Crippen LogP contribution in [0.4, 0.5) is 13.2 Å². The second-order valence-electron chi connectivity index (χ2n) is 3.17. The van der Waals surface area contributed by atoms with Crippen molar-refractivity contribution in [2.45, 2.75) is 19.5 Å². The van der Waals surface area contributed by atoms with E-state index < -0.39 is 35.4 Å². The molecule has 2 N–H and O–H groups in total. The number of nitrogens with zero attached hydrogens (tertiary/aromatic N) is 1. The summed E-state index contributed by atoms with van der Waals surface area (Å²) in [6.45, 7) is -1.19. The molecule has 0 atom stereocenters. The molecule has 0 aromatic heterocycles. The zero-order chi connectivity index (χ0) is 13.7. The molecule has 0 aliphatic heterocycles. The molecular formula is C7H13F3N2O4S. The van der Waals surface area contributed by atoms with Gasteiger partial charge in [-0.05, 0) is 6.42 Å². The minimum Gasteiger partial charge on any atom is -0.480 e. The maximum Gasteiger partial charge on any atom is 0.402 e. The highest BCUT2D eigenvalue weighted by Gasteiger charge is 2.32. The van der Waals surface area contributed by atoms with Gasteiger partial charge in [-0.3, -0.25) is 4.79 Å². The number of rotatable bonds is 7. The Kier molecular flexibility index (Phi) is 5.85. The summed E-state index contributed by atoms with van der Waals surface area (Å²) in [6, 6.07) is 0. The average Bonchev–Trinajstić information content (AvgIpc) is 2.13. The Morgan fingerprint density at radius 3 is 2.29 bits per heavy atom.